The minimum absolute atomic E-state index is 0.228. The van der Waals surface area contributed by atoms with Gasteiger partial charge in [-0.2, -0.15) is 0 Å². The molecule has 0 atom stereocenters. The molecule has 0 saturated carbocycles. The number of benzene rings is 6. The van der Waals surface area contributed by atoms with Gasteiger partial charge in [-0.05, 0) is 165 Å². The molecule has 12 heteroatoms. The molecule has 82 heavy (non-hydrogen) atoms. The Balaban J connectivity index is 0.868. The lowest BCUT2D eigenvalue weighted by molar-refractivity contribution is 0.0719. The largest absolute Gasteiger partial charge is 0.494 e. The highest BCUT2D eigenvalue weighted by Gasteiger charge is 2.18. The van der Waals surface area contributed by atoms with Crippen molar-refractivity contribution in [2.75, 3.05) is 13.2 Å². The molecule has 0 radical (unpaired) electrons. The summed E-state index contributed by atoms with van der Waals surface area (Å²) in [6.07, 6.45) is 36.6. The number of unbranched alkanes of at least 4 members (excludes halogenated alkanes) is 26. The fraction of sp³-hybridized carbons (Fsp3) is 0.457. The van der Waals surface area contributed by atoms with Crippen LogP contribution >= 0.6 is 31.9 Å². The first kappa shape index (κ1) is 65.2. The van der Waals surface area contributed by atoms with Crippen molar-refractivity contribution in [3.8, 4) is 34.5 Å². The van der Waals surface area contributed by atoms with Crippen molar-refractivity contribution in [3.63, 3.8) is 0 Å². The van der Waals surface area contributed by atoms with Crippen molar-refractivity contribution in [3.05, 3.63) is 153 Å². The van der Waals surface area contributed by atoms with Crippen molar-refractivity contribution >= 4 is 66.5 Å². The van der Waals surface area contributed by atoms with Crippen LogP contribution < -0.4 is 28.4 Å². The van der Waals surface area contributed by atoms with Gasteiger partial charge in [0.1, 0.15) is 34.5 Å². The zero-order valence-corrected chi connectivity index (χ0v) is 51.8. The minimum atomic E-state index is -0.627. The quantitative estimate of drug-likeness (QED) is 0.0209. The number of carbonyl (C=O) groups is 4. The SMILES string of the molecule is CCCCCCCCCCCCCCCCOc1ccc(C(=O)Oc2ccc(C(=O)Oc3ccc4ccc(OC(=O)c5ccc(OC(=O)c6ccc(OCCCCCCCCCCCCCCCC)cc6)c(Br)c5)cc4c3)cc2Br)cc1. The zero-order chi connectivity index (χ0) is 58.0. The van der Waals surface area contributed by atoms with Crippen LogP contribution in [0.15, 0.2) is 130 Å². The Morgan fingerprint density at radius 1 is 0.293 bits per heavy atom. The molecule has 0 N–H and O–H groups in total. The molecule has 0 unspecified atom stereocenters. The van der Waals surface area contributed by atoms with Crippen molar-refractivity contribution in [2.45, 2.75) is 194 Å². The van der Waals surface area contributed by atoms with Gasteiger partial charge < -0.3 is 28.4 Å². The van der Waals surface area contributed by atoms with E-state index in [-0.39, 0.29) is 34.1 Å². The molecule has 0 aliphatic carbocycles. The molecule has 440 valence electrons. The predicted molar refractivity (Wildman–Crippen MR) is 337 cm³/mol. The molecule has 0 amide bonds. The first-order valence-electron chi connectivity index (χ1n) is 30.6. The van der Waals surface area contributed by atoms with Crippen molar-refractivity contribution in [1.29, 1.82) is 0 Å². The van der Waals surface area contributed by atoms with E-state index in [2.05, 4.69) is 45.7 Å². The summed E-state index contributed by atoms with van der Waals surface area (Å²) in [5.74, 6) is 0.0840. The first-order valence-corrected chi connectivity index (χ1v) is 32.2. The highest BCUT2D eigenvalue weighted by Crippen LogP contribution is 2.32. The molecule has 0 fully saturated rings. The first-order chi connectivity index (χ1) is 40.1. The second kappa shape index (κ2) is 38.0. The van der Waals surface area contributed by atoms with E-state index in [9.17, 15) is 19.2 Å². The summed E-state index contributed by atoms with van der Waals surface area (Å²) < 4.78 is 35.5. The fourth-order valence-electron chi connectivity index (χ4n) is 9.75. The number of rotatable bonds is 40. The number of carbonyl (C=O) groups excluding carboxylic acids is 4. The number of hydrogen-bond donors (Lipinski definition) is 0. The van der Waals surface area contributed by atoms with E-state index in [4.69, 9.17) is 28.4 Å². The Morgan fingerprint density at radius 2 is 0.573 bits per heavy atom. The summed E-state index contributed by atoms with van der Waals surface area (Å²) in [6, 6.07) is 33.2. The minimum Gasteiger partial charge on any atom is -0.494 e. The number of esters is 4. The van der Waals surface area contributed by atoms with Gasteiger partial charge in [0.05, 0.1) is 44.4 Å². The summed E-state index contributed by atoms with van der Waals surface area (Å²) >= 11 is 6.88. The maximum absolute atomic E-state index is 13.3. The summed E-state index contributed by atoms with van der Waals surface area (Å²) in [4.78, 5) is 52.8. The Hall–Kier alpha value is -5.98. The molecule has 0 aromatic heterocycles. The summed E-state index contributed by atoms with van der Waals surface area (Å²) in [7, 11) is 0. The Bertz CT molecular complexity index is 2670. The maximum Gasteiger partial charge on any atom is 0.343 e. The normalized spacial score (nSPS) is 11.1. The lowest BCUT2D eigenvalue weighted by atomic mass is 10.0. The van der Waals surface area contributed by atoms with Crippen LogP contribution in [0.1, 0.15) is 235 Å². The Morgan fingerprint density at radius 3 is 0.890 bits per heavy atom. The van der Waals surface area contributed by atoms with Gasteiger partial charge in [0.15, 0.2) is 0 Å². The molecule has 10 nitrogen and oxygen atoms in total. The summed E-state index contributed by atoms with van der Waals surface area (Å²) in [6.45, 7) is 5.80. The van der Waals surface area contributed by atoms with Crippen molar-refractivity contribution in [2.24, 2.45) is 0 Å². The number of ether oxygens (including phenoxy) is 6. The van der Waals surface area contributed by atoms with Crippen LogP contribution in [0.2, 0.25) is 0 Å². The Kier molecular flexibility index (Phi) is 30.2. The van der Waals surface area contributed by atoms with E-state index in [1.807, 2.05) is 0 Å². The third kappa shape index (κ3) is 24.1. The van der Waals surface area contributed by atoms with Gasteiger partial charge >= 0.3 is 23.9 Å². The summed E-state index contributed by atoms with van der Waals surface area (Å²) in [5, 5.41) is 1.49. The molecule has 0 spiro atoms. The average molecular weight is 1250 g/mol. The number of fused-ring (bicyclic) bond motifs is 1. The number of hydrogen-bond acceptors (Lipinski definition) is 10. The van der Waals surface area contributed by atoms with E-state index < -0.39 is 23.9 Å². The Labute approximate surface area is 505 Å². The van der Waals surface area contributed by atoms with Crippen molar-refractivity contribution < 1.29 is 47.6 Å². The topological polar surface area (TPSA) is 124 Å². The second-order valence-corrected chi connectivity index (χ2v) is 23.2. The molecular weight excluding hydrogens is 1160 g/mol. The molecule has 0 bridgehead atoms. The van der Waals surface area contributed by atoms with Gasteiger partial charge in [-0.15, -0.1) is 0 Å². The van der Waals surface area contributed by atoms with E-state index in [1.165, 1.54) is 190 Å². The molecule has 6 aromatic carbocycles. The van der Waals surface area contributed by atoms with Crippen LogP contribution in [-0.2, 0) is 0 Å². The number of halogens is 2. The van der Waals surface area contributed by atoms with Crippen LogP contribution in [-0.4, -0.2) is 37.1 Å². The van der Waals surface area contributed by atoms with E-state index in [0.717, 1.165) is 31.1 Å². The molecular formula is C70H86Br2O10. The molecule has 0 aliphatic heterocycles. The standard InChI is InChI=1S/C70H86Br2O10/c1-3-5-7-9-11-13-15-17-19-21-23-25-27-29-47-77-59-39-33-54(34-40-59)67(73)81-65-45-37-56(51-63(65)71)69(75)79-61-43-31-53-32-44-62(50-58(53)49-61)80-70(76)57-38-46-66(64(72)52-57)82-68(74)55-35-41-60(42-36-55)78-48-30-28-26-24-22-20-18-16-14-12-10-8-6-4-2/h31-46,49-52H,3-30,47-48H2,1-2H3. The van der Waals surface area contributed by atoms with E-state index >= 15 is 0 Å². The molecule has 6 aromatic rings. The van der Waals surface area contributed by atoms with Crippen LogP contribution in [0.5, 0.6) is 34.5 Å². The zero-order valence-electron chi connectivity index (χ0n) is 48.6. The van der Waals surface area contributed by atoms with Gasteiger partial charge in [-0.25, -0.2) is 19.2 Å². The van der Waals surface area contributed by atoms with Gasteiger partial charge in [-0.1, -0.05) is 193 Å². The van der Waals surface area contributed by atoms with Gasteiger partial charge in [0.2, 0.25) is 0 Å². The van der Waals surface area contributed by atoms with Gasteiger partial charge in [0.25, 0.3) is 0 Å². The monoisotopic (exact) mass is 1240 g/mol. The maximum atomic E-state index is 13.3. The van der Waals surface area contributed by atoms with Crippen LogP contribution in [0, 0.1) is 0 Å². The molecule has 0 saturated heterocycles. The van der Waals surface area contributed by atoms with E-state index in [1.54, 1.807) is 84.9 Å². The van der Waals surface area contributed by atoms with Crippen LogP contribution in [0.25, 0.3) is 10.8 Å². The summed E-state index contributed by atoms with van der Waals surface area (Å²) in [5.41, 5.74) is 1.19. The average Bonchev–Trinajstić information content (AvgIpc) is 3.69. The highest BCUT2D eigenvalue weighted by molar-refractivity contribution is 9.11. The van der Waals surface area contributed by atoms with Gasteiger partial charge in [-0.3, -0.25) is 0 Å². The van der Waals surface area contributed by atoms with Crippen LogP contribution in [0.4, 0.5) is 0 Å². The predicted octanol–water partition coefficient (Wildman–Crippen LogP) is 21.0. The molecule has 0 heterocycles. The smallest absolute Gasteiger partial charge is 0.343 e. The second-order valence-electron chi connectivity index (χ2n) is 21.5. The highest BCUT2D eigenvalue weighted by atomic mass is 79.9. The van der Waals surface area contributed by atoms with Crippen molar-refractivity contribution in [1.82, 2.24) is 0 Å². The lowest BCUT2D eigenvalue weighted by Gasteiger charge is -2.11. The third-order valence-electron chi connectivity index (χ3n) is 14.7. The fourth-order valence-corrected chi connectivity index (χ4v) is 10.7. The van der Waals surface area contributed by atoms with Crippen LogP contribution in [0.3, 0.4) is 0 Å². The molecule has 0 aliphatic rings. The lowest BCUT2D eigenvalue weighted by Crippen LogP contribution is -2.11. The molecule has 6 rings (SSSR count). The van der Waals surface area contributed by atoms with E-state index in [0.29, 0.717) is 50.2 Å². The third-order valence-corrected chi connectivity index (χ3v) is 15.9. The van der Waals surface area contributed by atoms with Gasteiger partial charge in [0, 0.05) is 0 Å².